The third kappa shape index (κ3) is 3.61. The van der Waals surface area contributed by atoms with Gasteiger partial charge in [0, 0.05) is 0 Å². The van der Waals surface area contributed by atoms with Gasteiger partial charge in [0.25, 0.3) is 0 Å². The summed E-state index contributed by atoms with van der Waals surface area (Å²) in [6, 6.07) is 47.1. The normalized spacial score (nSPS) is 13.4. The van der Waals surface area contributed by atoms with Gasteiger partial charge in [-0.2, -0.15) is 0 Å². The van der Waals surface area contributed by atoms with Gasteiger partial charge in [0.15, 0.2) is 0 Å². The Morgan fingerprint density at radius 3 is 1.04 bits per heavy atom. The molecule has 0 radical (unpaired) electrons. The summed E-state index contributed by atoms with van der Waals surface area (Å²) in [5.74, 6) is 0. The molecule has 0 aliphatic heterocycles. The molecule has 9 aromatic rings. The third-order valence-electron chi connectivity index (χ3n) is 12.0. The fraction of sp³-hybridized carbons (Fsp3) is 0.160. The molecule has 2 aliphatic carbocycles. The van der Waals surface area contributed by atoms with Gasteiger partial charge in [-0.25, -0.2) is 0 Å². The summed E-state index contributed by atoms with van der Waals surface area (Å²) in [4.78, 5) is 0. The van der Waals surface area contributed by atoms with Crippen LogP contribution in [0.3, 0.4) is 0 Å². The summed E-state index contributed by atoms with van der Waals surface area (Å²) in [5.41, 5.74) is 13.6. The summed E-state index contributed by atoms with van der Waals surface area (Å²) in [5, 5.41) is 16.5. The highest BCUT2D eigenvalue weighted by Gasteiger charge is 2.27. The molecule has 0 N–H and O–H groups in total. The largest absolute Gasteiger partial charge is 0.0561 e. The maximum atomic E-state index is 2.45. The number of rotatable bonds is 2. The van der Waals surface area contributed by atoms with E-state index in [4.69, 9.17) is 0 Å². The average molecular weight is 639 g/mol. The molecule has 0 atom stereocenters. The molecule has 0 heteroatoms. The van der Waals surface area contributed by atoms with E-state index in [2.05, 4.69) is 163 Å². The van der Waals surface area contributed by atoms with E-state index in [1.165, 1.54) is 120 Å². The van der Waals surface area contributed by atoms with Gasteiger partial charge in [-0.05, 0) is 143 Å². The first-order valence-electron chi connectivity index (χ1n) is 18.1. The number of benzene rings is 9. The Bertz CT molecular complexity index is 2800. The van der Waals surface area contributed by atoms with E-state index in [-0.39, 0.29) is 10.8 Å². The summed E-state index contributed by atoms with van der Waals surface area (Å²) < 4.78 is 0. The summed E-state index contributed by atoms with van der Waals surface area (Å²) in [6.45, 7) is 13.9. The highest BCUT2D eigenvalue weighted by molar-refractivity contribution is 6.35. The van der Waals surface area contributed by atoms with Crippen LogP contribution in [0.4, 0.5) is 0 Å². The van der Waals surface area contributed by atoms with Crippen LogP contribution in [0.25, 0.3) is 109 Å². The fourth-order valence-electron chi connectivity index (χ4n) is 9.32. The molecule has 0 saturated heterocycles. The molecule has 0 heterocycles. The Labute approximate surface area is 293 Å². The van der Waals surface area contributed by atoms with Crippen molar-refractivity contribution in [3.05, 3.63) is 132 Å². The zero-order valence-corrected chi connectivity index (χ0v) is 29.5. The smallest absolute Gasteiger partial charge is 0.00139 e. The standard InChI is InChI=1S/C50H38/c1-49(2,3)33-23-31-13-11-29-15-17-37-35(19-21-39-41(25-33)43(31)45(29)47(37)39)27-7-9-28(10-8-27)36-20-22-40-42-26-34(50(4,5)6)24-32-14-12-30-16-18-38(36)48(40)46(30)44(32)42/h7-26H,1-6H3. The second kappa shape index (κ2) is 9.20. The number of hydrogen-bond acceptors (Lipinski definition) is 0. The molecular weight excluding hydrogens is 601 g/mol. The quantitative estimate of drug-likeness (QED) is 0.165. The van der Waals surface area contributed by atoms with Crippen LogP contribution >= 0.6 is 0 Å². The van der Waals surface area contributed by atoms with Crippen molar-refractivity contribution in [1.29, 1.82) is 0 Å². The zero-order valence-electron chi connectivity index (χ0n) is 29.5. The molecule has 0 spiro atoms. The van der Waals surface area contributed by atoms with E-state index in [0.29, 0.717) is 0 Å². The Morgan fingerprint density at radius 1 is 0.280 bits per heavy atom. The summed E-state index contributed by atoms with van der Waals surface area (Å²) in [6.07, 6.45) is 0. The molecule has 2 aliphatic rings. The SMILES string of the molecule is CC(C)(C)c1cc2c3c(ccc4ccc5c(-c6ccc(-c7ccc8c9c7ccc7ccc%10cc(C(C)(C)C)cc-8c%10c79)cc6)ccc-2c5c43)c1. The first-order valence-corrected chi connectivity index (χ1v) is 18.1. The molecule has 0 bridgehead atoms. The van der Waals surface area contributed by atoms with Crippen LogP contribution in [0.2, 0.25) is 0 Å². The second-order valence-electron chi connectivity index (χ2n) is 16.9. The van der Waals surface area contributed by atoms with Crippen LogP contribution in [0.1, 0.15) is 52.7 Å². The molecule has 50 heavy (non-hydrogen) atoms. The number of fused-ring (bicyclic) bond motifs is 2. The van der Waals surface area contributed by atoms with Crippen molar-refractivity contribution < 1.29 is 0 Å². The average Bonchev–Trinajstić information content (AvgIpc) is 3.63. The minimum atomic E-state index is 0.0950. The first kappa shape index (κ1) is 28.4. The molecule has 9 aromatic carbocycles. The van der Waals surface area contributed by atoms with Crippen molar-refractivity contribution in [2.24, 2.45) is 0 Å². The van der Waals surface area contributed by atoms with Crippen molar-refractivity contribution in [2.45, 2.75) is 52.4 Å². The van der Waals surface area contributed by atoms with Crippen LogP contribution in [-0.4, -0.2) is 0 Å². The van der Waals surface area contributed by atoms with Gasteiger partial charge in [0.2, 0.25) is 0 Å². The van der Waals surface area contributed by atoms with Crippen molar-refractivity contribution >= 4 is 64.6 Å². The van der Waals surface area contributed by atoms with Crippen molar-refractivity contribution in [2.75, 3.05) is 0 Å². The van der Waals surface area contributed by atoms with Crippen LogP contribution in [0.5, 0.6) is 0 Å². The summed E-state index contributed by atoms with van der Waals surface area (Å²) >= 11 is 0. The first-order chi connectivity index (χ1) is 24.0. The van der Waals surface area contributed by atoms with Gasteiger partial charge < -0.3 is 0 Å². The molecule has 0 nitrogen and oxygen atoms in total. The van der Waals surface area contributed by atoms with Crippen LogP contribution in [-0.2, 0) is 10.8 Å². The van der Waals surface area contributed by atoms with Crippen molar-refractivity contribution in [3.8, 4) is 44.5 Å². The highest BCUT2D eigenvalue weighted by Crippen LogP contribution is 2.52. The van der Waals surface area contributed by atoms with Gasteiger partial charge in [0.1, 0.15) is 0 Å². The fourth-order valence-corrected chi connectivity index (χ4v) is 9.32. The topological polar surface area (TPSA) is 0 Å². The Kier molecular flexibility index (Phi) is 5.22. The molecule has 11 rings (SSSR count). The van der Waals surface area contributed by atoms with E-state index in [1.54, 1.807) is 0 Å². The zero-order chi connectivity index (χ0) is 33.8. The lowest BCUT2D eigenvalue weighted by Crippen LogP contribution is -2.10. The van der Waals surface area contributed by atoms with E-state index in [0.717, 1.165) is 0 Å². The Hall–Kier alpha value is -5.46. The Morgan fingerprint density at radius 2 is 0.640 bits per heavy atom. The van der Waals surface area contributed by atoms with Crippen molar-refractivity contribution in [3.63, 3.8) is 0 Å². The highest BCUT2D eigenvalue weighted by atomic mass is 14.3. The lowest BCUT2D eigenvalue weighted by molar-refractivity contribution is 0.591. The molecule has 0 aromatic heterocycles. The molecule has 0 saturated carbocycles. The minimum absolute atomic E-state index is 0.0950. The van der Waals surface area contributed by atoms with Crippen LogP contribution in [0.15, 0.2) is 121 Å². The van der Waals surface area contributed by atoms with E-state index in [1.807, 2.05) is 0 Å². The number of hydrogen-bond donors (Lipinski definition) is 0. The van der Waals surface area contributed by atoms with E-state index >= 15 is 0 Å². The van der Waals surface area contributed by atoms with Crippen LogP contribution < -0.4 is 0 Å². The predicted molar refractivity (Wildman–Crippen MR) is 218 cm³/mol. The maximum Gasteiger partial charge on any atom is -0.00139 e. The van der Waals surface area contributed by atoms with Crippen molar-refractivity contribution in [1.82, 2.24) is 0 Å². The molecule has 0 amide bonds. The van der Waals surface area contributed by atoms with Crippen LogP contribution in [0, 0.1) is 0 Å². The maximum absolute atomic E-state index is 2.45. The predicted octanol–water partition coefficient (Wildman–Crippen LogP) is 14.5. The second-order valence-corrected chi connectivity index (χ2v) is 16.9. The van der Waals surface area contributed by atoms with Gasteiger partial charge >= 0.3 is 0 Å². The third-order valence-corrected chi connectivity index (χ3v) is 12.0. The monoisotopic (exact) mass is 638 g/mol. The molecule has 0 fully saturated rings. The van der Waals surface area contributed by atoms with Gasteiger partial charge in [-0.3, -0.25) is 0 Å². The Balaban J connectivity index is 1.06. The molecule has 0 unspecified atom stereocenters. The lowest BCUT2D eigenvalue weighted by Gasteiger charge is -2.21. The summed E-state index contributed by atoms with van der Waals surface area (Å²) in [7, 11) is 0. The molecular formula is C50H38. The van der Waals surface area contributed by atoms with Gasteiger partial charge in [0.05, 0.1) is 0 Å². The molecule has 238 valence electrons. The van der Waals surface area contributed by atoms with E-state index < -0.39 is 0 Å². The van der Waals surface area contributed by atoms with Gasteiger partial charge in [-0.1, -0.05) is 151 Å². The van der Waals surface area contributed by atoms with E-state index in [9.17, 15) is 0 Å². The lowest BCUT2D eigenvalue weighted by atomic mass is 9.84. The minimum Gasteiger partial charge on any atom is -0.0561 e. The van der Waals surface area contributed by atoms with Gasteiger partial charge in [-0.15, -0.1) is 0 Å².